The molecule has 90 heavy (non-hydrogen) atoms. The Labute approximate surface area is 590 Å². The van der Waals surface area contributed by atoms with Crippen molar-refractivity contribution in [2.75, 3.05) is 0 Å². The molecule has 6 aromatic rings. The van der Waals surface area contributed by atoms with Gasteiger partial charge >= 0.3 is 428 Å². The average molecular weight is 1560 g/mol. The van der Waals surface area contributed by atoms with E-state index < -0.39 is 36.8 Å². The van der Waals surface area contributed by atoms with E-state index in [1.54, 1.807) is 75.7 Å². The Hall–Kier alpha value is 0.577. The average Bonchev–Trinajstić information content (AvgIpc) is 1.63. The number of rotatable bonds is 58. The van der Waals surface area contributed by atoms with Crippen molar-refractivity contribution in [1.82, 2.24) is 0 Å². The molecule has 0 atom stereocenters. The standard InChI is InChI=1S/C76H122S6.6CH3.2Sn/c1-5-9-13-17-21-25-29-31-33-35-37-41-45-49-53-57-65-69(67-63(59-61-77-67)55-51-47-43-39-27-23-19-15-11-7-3)79-73-71(65)81-76-74-72(82-75(73)76)66(58-54-50-46-42-38-36-34-32-30-26-22-18-14-10-6-2)70(80-74)68-64(60-62-78-68)56-52-48-44-40-28-24-20-16-12-8-4;;;;;;;;/h59-60H,5-58H2,1-4H3;6*1H3;;. The summed E-state index contributed by atoms with van der Waals surface area (Å²) in [6, 6.07) is 5.56. The van der Waals surface area contributed by atoms with Crippen LogP contribution in [0.5, 0.6) is 0 Å². The minimum atomic E-state index is -2.34. The van der Waals surface area contributed by atoms with E-state index in [0.29, 0.717) is 0 Å². The maximum absolute atomic E-state index is 2.78. The van der Waals surface area contributed by atoms with E-state index in [1.165, 1.54) is 347 Å². The number of fused-ring (bicyclic) bond motifs is 5. The summed E-state index contributed by atoms with van der Waals surface area (Å²) in [6.07, 6.45) is 76.3. The van der Waals surface area contributed by atoms with E-state index in [0.717, 1.165) is 0 Å². The second-order valence-electron chi connectivity index (χ2n) is 30.7. The van der Waals surface area contributed by atoms with Gasteiger partial charge in [0.15, 0.2) is 0 Å². The quantitative estimate of drug-likeness (QED) is 0.0264. The fourth-order valence-electron chi connectivity index (χ4n) is 14.1. The monoisotopic (exact) mass is 1560 g/mol. The number of thiophene rings is 6. The van der Waals surface area contributed by atoms with Crippen LogP contribution in [-0.2, 0) is 25.7 Å². The number of aryl methyl sites for hydroxylation is 4. The van der Waals surface area contributed by atoms with Crippen LogP contribution >= 0.6 is 68.0 Å². The molecule has 0 bridgehead atoms. The zero-order valence-electron chi connectivity index (χ0n) is 60.8. The van der Waals surface area contributed by atoms with Gasteiger partial charge in [0.05, 0.1) is 0 Å². The van der Waals surface area contributed by atoms with Gasteiger partial charge in [-0.2, -0.15) is 0 Å². The Morgan fingerprint density at radius 1 is 0.211 bits per heavy atom. The Morgan fingerprint density at radius 2 is 0.411 bits per heavy atom. The molecule has 6 rings (SSSR count). The van der Waals surface area contributed by atoms with E-state index in [2.05, 4.69) is 137 Å². The minimum absolute atomic E-state index is 1.26. The number of hydrogen-bond acceptors (Lipinski definition) is 6. The number of hydrogen-bond donors (Lipinski definition) is 0. The zero-order chi connectivity index (χ0) is 64.1. The molecule has 512 valence electrons. The molecule has 0 aliphatic rings. The van der Waals surface area contributed by atoms with Crippen molar-refractivity contribution >= 4 is 139 Å². The van der Waals surface area contributed by atoms with E-state index in [1.807, 2.05) is 0 Å². The van der Waals surface area contributed by atoms with E-state index >= 15 is 0 Å². The Morgan fingerprint density at radius 3 is 0.633 bits per heavy atom. The van der Waals surface area contributed by atoms with Gasteiger partial charge in [0.2, 0.25) is 0 Å². The SMILES string of the molecule is CCCCCCCCCCCCCCCCCc1c(-c2s[c]([Sn]([CH3])([CH3])[CH3])cc2CCCCCCCCCCCC)sc2c1sc1c3sc(-c4s[c]([Sn]([CH3])([CH3])[CH3])cc4CCCCCCCCCCCC)c(CCCCCCCCCCCCCCCCC)c3sc21. The molecule has 0 spiro atoms. The van der Waals surface area contributed by atoms with Crippen molar-refractivity contribution in [3.8, 4) is 19.5 Å². The van der Waals surface area contributed by atoms with Gasteiger partial charge in [0, 0.05) is 0 Å². The summed E-state index contributed by atoms with van der Waals surface area (Å²) in [5.74, 6) is 0. The third-order valence-electron chi connectivity index (χ3n) is 20.1. The van der Waals surface area contributed by atoms with Crippen LogP contribution in [0.4, 0.5) is 0 Å². The van der Waals surface area contributed by atoms with Crippen molar-refractivity contribution in [1.29, 1.82) is 0 Å². The van der Waals surface area contributed by atoms with Gasteiger partial charge in [0.1, 0.15) is 0 Å². The summed E-state index contributed by atoms with van der Waals surface area (Å²) >= 11 is 8.89. The summed E-state index contributed by atoms with van der Waals surface area (Å²) in [5, 5.41) is 0. The number of unbranched alkanes of at least 4 members (excludes halogenated alkanes) is 46. The second-order valence-corrected chi connectivity index (χ2v) is 67.7. The summed E-state index contributed by atoms with van der Waals surface area (Å²) in [4.78, 5) is 22.9. The molecule has 0 aliphatic heterocycles. The first-order chi connectivity index (χ1) is 43.9. The van der Waals surface area contributed by atoms with Gasteiger partial charge in [-0.15, -0.1) is 0 Å². The van der Waals surface area contributed by atoms with Crippen LogP contribution in [-0.4, -0.2) is 36.8 Å². The zero-order valence-corrected chi connectivity index (χ0v) is 71.4. The molecule has 6 heterocycles. The molecule has 0 unspecified atom stereocenters. The first-order valence-electron chi connectivity index (χ1n) is 39.6. The van der Waals surface area contributed by atoms with Gasteiger partial charge in [-0.3, -0.25) is 0 Å². The molecule has 0 nitrogen and oxygen atoms in total. The van der Waals surface area contributed by atoms with E-state index in [-0.39, 0.29) is 0 Å². The molecular formula is C82H140S6Sn2. The van der Waals surface area contributed by atoms with Crippen molar-refractivity contribution < 1.29 is 0 Å². The van der Waals surface area contributed by atoms with Crippen LogP contribution in [0.15, 0.2) is 12.1 Å². The molecule has 0 aromatic carbocycles. The normalized spacial score (nSPS) is 12.5. The second kappa shape index (κ2) is 46.8. The predicted octanol–water partition coefficient (Wildman–Crippen LogP) is 31.7. The first-order valence-corrected chi connectivity index (χ1v) is 64.5. The summed E-state index contributed by atoms with van der Waals surface area (Å²) in [7, 11) is 0. The van der Waals surface area contributed by atoms with Crippen LogP contribution in [0, 0.1) is 0 Å². The summed E-state index contributed by atoms with van der Waals surface area (Å²) in [6.45, 7) is 9.35. The Balaban J connectivity index is 1.25. The van der Waals surface area contributed by atoms with E-state index in [9.17, 15) is 0 Å². The predicted molar refractivity (Wildman–Crippen MR) is 431 cm³/mol. The molecule has 0 amide bonds. The Kier molecular flexibility index (Phi) is 41.4. The van der Waals surface area contributed by atoms with Crippen molar-refractivity contribution in [3.63, 3.8) is 0 Å². The Bertz CT molecular complexity index is 2570. The van der Waals surface area contributed by atoms with Gasteiger partial charge in [-0.05, 0) is 0 Å². The van der Waals surface area contributed by atoms with Crippen LogP contribution in [0.1, 0.15) is 371 Å². The summed E-state index contributed by atoms with van der Waals surface area (Å²) in [5.41, 5.74) is 6.94. The van der Waals surface area contributed by atoms with Crippen molar-refractivity contribution in [2.45, 2.75) is 404 Å². The fraction of sp³-hybridized carbons (Fsp3) is 0.780. The summed E-state index contributed by atoms with van der Waals surface area (Å²) < 4.78 is 13.6. The molecule has 6 aromatic heterocycles. The maximum atomic E-state index is 2.78. The van der Waals surface area contributed by atoms with Gasteiger partial charge in [-0.1, -0.05) is 169 Å². The molecule has 0 fully saturated rings. The van der Waals surface area contributed by atoms with Crippen LogP contribution < -0.4 is 5.79 Å². The molecule has 0 aliphatic carbocycles. The third-order valence-corrected chi connectivity index (χ3v) is 47.3. The van der Waals surface area contributed by atoms with Gasteiger partial charge in [-0.25, -0.2) is 0 Å². The van der Waals surface area contributed by atoms with Gasteiger partial charge < -0.3 is 0 Å². The van der Waals surface area contributed by atoms with Crippen LogP contribution in [0.3, 0.4) is 0 Å². The molecule has 0 saturated carbocycles. The first kappa shape index (κ1) is 79.6. The molecule has 0 radical (unpaired) electrons. The van der Waals surface area contributed by atoms with Crippen molar-refractivity contribution in [2.24, 2.45) is 0 Å². The fourth-order valence-corrected chi connectivity index (χ4v) is 33.8. The topological polar surface area (TPSA) is 0 Å². The molecular weight excluding hydrogens is 1410 g/mol. The van der Waals surface area contributed by atoms with E-state index in [4.69, 9.17) is 0 Å². The van der Waals surface area contributed by atoms with Crippen LogP contribution in [0.25, 0.3) is 47.7 Å². The third kappa shape index (κ3) is 28.4. The van der Waals surface area contributed by atoms with Crippen molar-refractivity contribution in [3.05, 3.63) is 34.4 Å². The molecule has 0 saturated heterocycles. The van der Waals surface area contributed by atoms with Crippen LogP contribution in [0.2, 0.25) is 29.6 Å². The molecule has 8 heteroatoms. The molecule has 0 N–H and O–H groups in total. The van der Waals surface area contributed by atoms with Gasteiger partial charge in [0.25, 0.3) is 0 Å².